The van der Waals surface area contributed by atoms with Crippen LogP contribution in [-0.4, -0.2) is 25.8 Å². The van der Waals surface area contributed by atoms with Crippen LogP contribution in [0.2, 0.25) is 0 Å². The second kappa shape index (κ2) is 6.33. The van der Waals surface area contributed by atoms with E-state index in [1.165, 1.54) is 24.4 Å². The van der Waals surface area contributed by atoms with Crippen molar-refractivity contribution in [3.8, 4) is 5.75 Å². The monoisotopic (exact) mass is 452 g/mol. The van der Waals surface area contributed by atoms with Crippen LogP contribution < -0.4 is 0 Å². The van der Waals surface area contributed by atoms with E-state index in [4.69, 9.17) is 0 Å². The maximum atomic E-state index is 10.8. The Labute approximate surface area is 153 Å². The lowest BCUT2D eigenvalue weighted by molar-refractivity contribution is -0.384. The number of benzene rings is 2. The zero-order valence-corrected chi connectivity index (χ0v) is 15.4. The van der Waals surface area contributed by atoms with Crippen molar-refractivity contribution >= 4 is 60.7 Å². The number of aliphatic imine (C=N–C) groups is 1. The minimum absolute atomic E-state index is 0.0893. The standard InChI is InChI=1S/C15H10Br2N4O3/c1-20-13-6-11(17)10(16)5-12(13)19-15(20)18-7-8-4-9(21(23)24)2-3-14(8)22/h2-7,22H,1H3. The molecule has 122 valence electrons. The first-order chi connectivity index (χ1) is 11.4. The summed E-state index contributed by atoms with van der Waals surface area (Å²) in [6.07, 6.45) is 1.35. The fraction of sp³-hybridized carbons (Fsp3) is 0.0667. The maximum absolute atomic E-state index is 10.8. The summed E-state index contributed by atoms with van der Waals surface area (Å²) in [4.78, 5) is 19.0. The molecule has 0 spiro atoms. The highest BCUT2D eigenvalue weighted by Crippen LogP contribution is 2.30. The SMILES string of the molecule is Cn1c(N=Cc2cc([N+](=O)[O-])ccc2O)nc2cc(Br)c(Br)cc21. The Bertz CT molecular complexity index is 998. The van der Waals surface area contributed by atoms with Crippen molar-refractivity contribution in [2.75, 3.05) is 0 Å². The Morgan fingerprint density at radius 1 is 1.29 bits per heavy atom. The van der Waals surface area contributed by atoms with Gasteiger partial charge in [0.2, 0.25) is 5.95 Å². The number of nitro benzene ring substituents is 1. The van der Waals surface area contributed by atoms with Crippen molar-refractivity contribution in [2.45, 2.75) is 0 Å². The summed E-state index contributed by atoms with van der Waals surface area (Å²) in [6.45, 7) is 0. The van der Waals surface area contributed by atoms with Gasteiger partial charge in [0.25, 0.3) is 5.69 Å². The lowest BCUT2D eigenvalue weighted by Gasteiger charge is -2.00. The second-order valence-electron chi connectivity index (χ2n) is 4.98. The van der Waals surface area contributed by atoms with Gasteiger partial charge >= 0.3 is 0 Å². The second-order valence-corrected chi connectivity index (χ2v) is 6.69. The number of imidazole rings is 1. The molecule has 0 saturated carbocycles. The smallest absolute Gasteiger partial charge is 0.270 e. The Hall–Kier alpha value is -2.26. The van der Waals surface area contributed by atoms with Gasteiger partial charge in [-0.3, -0.25) is 10.1 Å². The van der Waals surface area contributed by atoms with Crippen LogP contribution in [0.1, 0.15) is 5.56 Å². The van der Waals surface area contributed by atoms with Crippen LogP contribution in [0.3, 0.4) is 0 Å². The molecule has 1 heterocycles. The Balaban J connectivity index is 2.04. The molecule has 7 nitrogen and oxygen atoms in total. The summed E-state index contributed by atoms with van der Waals surface area (Å²) in [7, 11) is 1.82. The van der Waals surface area contributed by atoms with Crippen molar-refractivity contribution in [1.82, 2.24) is 9.55 Å². The molecule has 3 rings (SSSR count). The predicted octanol–water partition coefficient (Wildman–Crippen LogP) is 4.46. The van der Waals surface area contributed by atoms with E-state index in [9.17, 15) is 15.2 Å². The van der Waals surface area contributed by atoms with Gasteiger partial charge in [-0.05, 0) is 50.1 Å². The summed E-state index contributed by atoms with van der Waals surface area (Å²) in [5, 5.41) is 20.7. The molecule has 1 aromatic heterocycles. The molecule has 9 heteroatoms. The molecule has 0 aliphatic carbocycles. The lowest BCUT2D eigenvalue weighted by atomic mass is 10.2. The van der Waals surface area contributed by atoms with Gasteiger partial charge in [0.05, 0.1) is 16.0 Å². The van der Waals surface area contributed by atoms with Gasteiger partial charge in [-0.2, -0.15) is 0 Å². The summed E-state index contributed by atoms with van der Waals surface area (Å²) in [5.74, 6) is 0.328. The van der Waals surface area contributed by atoms with E-state index in [1.807, 2.05) is 19.2 Å². The topological polar surface area (TPSA) is 93.5 Å². The van der Waals surface area contributed by atoms with Crippen LogP contribution in [-0.2, 0) is 7.05 Å². The van der Waals surface area contributed by atoms with Gasteiger partial charge < -0.3 is 9.67 Å². The first-order valence-electron chi connectivity index (χ1n) is 6.70. The number of halogens is 2. The molecule has 0 atom stereocenters. The van der Waals surface area contributed by atoms with Crippen LogP contribution in [0, 0.1) is 10.1 Å². The molecule has 0 aliphatic heterocycles. The Kier molecular flexibility index (Phi) is 4.37. The van der Waals surface area contributed by atoms with Gasteiger partial charge in [0.1, 0.15) is 5.75 Å². The number of fused-ring (bicyclic) bond motifs is 1. The van der Waals surface area contributed by atoms with Crippen molar-refractivity contribution in [3.05, 3.63) is 55.0 Å². The number of nitrogens with zero attached hydrogens (tertiary/aromatic N) is 4. The van der Waals surface area contributed by atoms with Gasteiger partial charge in [0, 0.05) is 39.9 Å². The van der Waals surface area contributed by atoms with Gasteiger partial charge in [0.15, 0.2) is 0 Å². The molecule has 3 aromatic rings. The molecule has 0 saturated heterocycles. The fourth-order valence-corrected chi connectivity index (χ4v) is 2.84. The number of hydrogen-bond acceptors (Lipinski definition) is 5. The van der Waals surface area contributed by atoms with Gasteiger partial charge in [-0.1, -0.05) is 0 Å². The van der Waals surface area contributed by atoms with Crippen molar-refractivity contribution in [1.29, 1.82) is 0 Å². The Morgan fingerprint density at radius 2 is 2.00 bits per heavy atom. The third-order valence-electron chi connectivity index (χ3n) is 3.44. The summed E-state index contributed by atoms with van der Waals surface area (Å²) < 4.78 is 3.56. The fourth-order valence-electron chi connectivity index (χ4n) is 2.18. The molecule has 24 heavy (non-hydrogen) atoms. The molecule has 0 amide bonds. The number of hydrogen-bond donors (Lipinski definition) is 1. The normalized spacial score (nSPS) is 11.5. The third-order valence-corrected chi connectivity index (χ3v) is 5.28. The largest absolute Gasteiger partial charge is 0.507 e. The summed E-state index contributed by atoms with van der Waals surface area (Å²) in [6, 6.07) is 7.54. The first kappa shape index (κ1) is 16.6. The first-order valence-corrected chi connectivity index (χ1v) is 8.28. The molecule has 2 aromatic carbocycles. The summed E-state index contributed by atoms with van der Waals surface area (Å²) >= 11 is 6.87. The average molecular weight is 454 g/mol. The quantitative estimate of drug-likeness (QED) is 0.359. The number of rotatable bonds is 3. The molecule has 1 N–H and O–H groups in total. The number of aromatic nitrogens is 2. The number of aryl methyl sites for hydroxylation is 1. The maximum Gasteiger partial charge on any atom is 0.270 e. The third kappa shape index (κ3) is 3.04. The van der Waals surface area contributed by atoms with E-state index < -0.39 is 4.92 Å². The molecular weight excluding hydrogens is 444 g/mol. The highest BCUT2D eigenvalue weighted by Gasteiger charge is 2.11. The number of nitro groups is 1. The van der Waals surface area contributed by atoms with Gasteiger partial charge in [-0.25, -0.2) is 9.98 Å². The number of non-ortho nitro benzene ring substituents is 1. The van der Waals surface area contributed by atoms with Crippen LogP contribution in [0.4, 0.5) is 11.6 Å². The van der Waals surface area contributed by atoms with E-state index >= 15 is 0 Å². The Morgan fingerprint density at radius 3 is 2.71 bits per heavy atom. The van der Waals surface area contributed by atoms with E-state index in [0.717, 1.165) is 20.0 Å². The minimum atomic E-state index is -0.527. The number of phenols is 1. The molecular formula is C15H10Br2N4O3. The van der Waals surface area contributed by atoms with Crippen molar-refractivity contribution < 1.29 is 10.0 Å². The highest BCUT2D eigenvalue weighted by atomic mass is 79.9. The van der Waals surface area contributed by atoms with Crippen molar-refractivity contribution in [3.63, 3.8) is 0 Å². The van der Waals surface area contributed by atoms with Crippen LogP contribution in [0.5, 0.6) is 5.75 Å². The zero-order chi connectivity index (χ0) is 17.4. The number of phenolic OH excluding ortho intramolecular Hbond substituents is 1. The van der Waals surface area contributed by atoms with E-state index in [2.05, 4.69) is 41.8 Å². The van der Waals surface area contributed by atoms with E-state index in [-0.39, 0.29) is 17.0 Å². The van der Waals surface area contributed by atoms with Gasteiger partial charge in [-0.15, -0.1) is 0 Å². The molecule has 0 radical (unpaired) electrons. The van der Waals surface area contributed by atoms with Crippen LogP contribution >= 0.6 is 31.9 Å². The van der Waals surface area contributed by atoms with E-state index in [0.29, 0.717) is 5.95 Å². The highest BCUT2D eigenvalue weighted by molar-refractivity contribution is 9.13. The molecule has 0 unspecified atom stereocenters. The van der Waals surface area contributed by atoms with Crippen LogP contribution in [0.25, 0.3) is 11.0 Å². The number of aromatic hydroxyl groups is 1. The minimum Gasteiger partial charge on any atom is -0.507 e. The molecule has 0 aliphatic rings. The average Bonchev–Trinajstić information content (AvgIpc) is 2.83. The predicted molar refractivity (Wildman–Crippen MR) is 98.1 cm³/mol. The zero-order valence-electron chi connectivity index (χ0n) is 12.3. The molecule has 0 fully saturated rings. The lowest BCUT2D eigenvalue weighted by Crippen LogP contribution is -1.91. The van der Waals surface area contributed by atoms with Crippen LogP contribution in [0.15, 0.2) is 44.3 Å². The molecule has 0 bridgehead atoms. The van der Waals surface area contributed by atoms with Crippen molar-refractivity contribution in [2.24, 2.45) is 12.0 Å². The van der Waals surface area contributed by atoms with E-state index in [1.54, 1.807) is 4.57 Å². The summed E-state index contributed by atoms with van der Waals surface area (Å²) in [5.41, 5.74) is 1.76.